The molecule has 4 rings (SSSR count). The van der Waals surface area contributed by atoms with E-state index < -0.39 is 0 Å². The summed E-state index contributed by atoms with van der Waals surface area (Å²) in [7, 11) is 0. The van der Waals surface area contributed by atoms with E-state index in [1.54, 1.807) is 0 Å². The molecule has 0 aliphatic rings. The lowest BCUT2D eigenvalue weighted by Crippen LogP contribution is -2.10. The molecule has 0 saturated heterocycles. The summed E-state index contributed by atoms with van der Waals surface area (Å²) < 4.78 is 4.87. The molecule has 0 N–H and O–H groups in total. The first kappa shape index (κ1) is 14.1. The number of aromatic nitrogens is 2. The van der Waals surface area contributed by atoms with Crippen LogP contribution in [0.25, 0.3) is 21.8 Å². The molecule has 0 fully saturated rings. The highest BCUT2D eigenvalue weighted by Crippen LogP contribution is 2.28. The first-order chi connectivity index (χ1) is 11.1. The van der Waals surface area contributed by atoms with Gasteiger partial charge >= 0.3 is 0 Å². The quantitative estimate of drug-likeness (QED) is 0.473. The molecule has 0 spiro atoms. The first-order valence-corrected chi connectivity index (χ1v) is 8.18. The lowest BCUT2D eigenvalue weighted by molar-refractivity contribution is 0.617. The van der Waals surface area contributed by atoms with E-state index in [2.05, 4.69) is 85.4 Å². The van der Waals surface area contributed by atoms with Crippen molar-refractivity contribution in [2.75, 3.05) is 0 Å². The van der Waals surface area contributed by atoms with Gasteiger partial charge in [-0.05, 0) is 51.0 Å². The van der Waals surface area contributed by atoms with Gasteiger partial charge in [-0.3, -0.25) is 0 Å². The number of rotatable bonds is 2. The summed E-state index contributed by atoms with van der Waals surface area (Å²) in [6.07, 6.45) is 0. The lowest BCUT2D eigenvalue weighted by Gasteiger charge is -2.13. The van der Waals surface area contributed by atoms with Crippen molar-refractivity contribution >= 4 is 21.8 Å². The third-order valence-electron chi connectivity index (χ3n) is 5.38. The van der Waals surface area contributed by atoms with E-state index in [9.17, 15) is 0 Å². The Kier molecular flexibility index (Phi) is 3.08. The minimum atomic E-state index is 0.861. The first-order valence-electron chi connectivity index (χ1n) is 8.18. The van der Waals surface area contributed by atoms with E-state index in [0.29, 0.717) is 0 Å². The van der Waals surface area contributed by atoms with E-state index in [4.69, 9.17) is 0 Å². The minimum absolute atomic E-state index is 0.861. The van der Waals surface area contributed by atoms with Crippen molar-refractivity contribution in [3.05, 3.63) is 71.0 Å². The monoisotopic (exact) mass is 302 g/mol. The van der Waals surface area contributed by atoms with Gasteiger partial charge in [0, 0.05) is 22.2 Å². The van der Waals surface area contributed by atoms with Crippen LogP contribution < -0.4 is 0 Å². The molecule has 2 nitrogen and oxygen atoms in total. The molecule has 0 amide bonds. The van der Waals surface area contributed by atoms with Crippen LogP contribution in [0.1, 0.15) is 22.5 Å². The van der Waals surface area contributed by atoms with Gasteiger partial charge in [0.2, 0.25) is 0 Å². The van der Waals surface area contributed by atoms with Crippen molar-refractivity contribution in [2.45, 2.75) is 34.4 Å². The maximum atomic E-state index is 2.43. The van der Waals surface area contributed by atoms with Crippen LogP contribution in [0.3, 0.4) is 0 Å². The van der Waals surface area contributed by atoms with Crippen molar-refractivity contribution in [2.24, 2.45) is 0 Å². The third kappa shape index (κ3) is 1.94. The fraction of sp³-hybridized carbons (Fsp3) is 0.238. The van der Waals surface area contributed by atoms with Crippen molar-refractivity contribution in [1.82, 2.24) is 9.13 Å². The van der Waals surface area contributed by atoms with Crippen molar-refractivity contribution in [3.8, 4) is 0 Å². The smallest absolute Gasteiger partial charge is 0.0993 e. The summed E-state index contributed by atoms with van der Waals surface area (Å²) in [5.74, 6) is 0. The third-order valence-corrected chi connectivity index (χ3v) is 5.38. The summed E-state index contributed by atoms with van der Waals surface area (Å²) in [5.41, 5.74) is 8.09. The molecular weight excluding hydrogens is 280 g/mol. The van der Waals surface area contributed by atoms with E-state index in [1.807, 2.05) is 0 Å². The molecule has 116 valence electrons. The van der Waals surface area contributed by atoms with Crippen LogP contribution >= 0.6 is 0 Å². The topological polar surface area (TPSA) is 9.86 Å². The van der Waals surface area contributed by atoms with Crippen LogP contribution in [0, 0.1) is 27.7 Å². The van der Waals surface area contributed by atoms with Gasteiger partial charge in [0.15, 0.2) is 0 Å². The Morgan fingerprint density at radius 2 is 1.00 bits per heavy atom. The fourth-order valence-corrected chi connectivity index (χ4v) is 3.71. The molecule has 0 saturated carbocycles. The van der Waals surface area contributed by atoms with Crippen LogP contribution in [0.5, 0.6) is 0 Å². The Hall–Kier alpha value is -2.48. The van der Waals surface area contributed by atoms with Crippen LogP contribution in [0.2, 0.25) is 0 Å². The van der Waals surface area contributed by atoms with Gasteiger partial charge in [-0.1, -0.05) is 36.4 Å². The van der Waals surface area contributed by atoms with Gasteiger partial charge in [0.05, 0.1) is 17.7 Å². The number of fused-ring (bicyclic) bond motifs is 2. The maximum Gasteiger partial charge on any atom is 0.0993 e. The number of aryl methyl sites for hydroxylation is 2. The normalized spacial score (nSPS) is 11.7. The van der Waals surface area contributed by atoms with E-state index in [0.717, 1.165) is 6.67 Å². The molecular formula is C21H22N2. The molecule has 2 aromatic carbocycles. The zero-order valence-corrected chi connectivity index (χ0v) is 14.2. The van der Waals surface area contributed by atoms with Gasteiger partial charge in [0.1, 0.15) is 0 Å². The molecule has 0 radical (unpaired) electrons. The molecule has 4 aromatic rings. The van der Waals surface area contributed by atoms with E-state index in [1.165, 1.54) is 44.3 Å². The van der Waals surface area contributed by atoms with Gasteiger partial charge in [-0.25, -0.2) is 0 Å². The average molecular weight is 302 g/mol. The summed E-state index contributed by atoms with van der Waals surface area (Å²) in [4.78, 5) is 0. The zero-order valence-electron chi connectivity index (χ0n) is 14.2. The molecule has 0 aliphatic heterocycles. The largest absolute Gasteiger partial charge is 0.326 e. The van der Waals surface area contributed by atoms with Gasteiger partial charge in [-0.15, -0.1) is 0 Å². The summed E-state index contributed by atoms with van der Waals surface area (Å²) in [5, 5.41) is 2.71. The summed E-state index contributed by atoms with van der Waals surface area (Å²) in [6, 6.07) is 17.4. The minimum Gasteiger partial charge on any atom is -0.326 e. The second-order valence-corrected chi connectivity index (χ2v) is 6.45. The number of benzene rings is 2. The van der Waals surface area contributed by atoms with E-state index in [-0.39, 0.29) is 0 Å². The van der Waals surface area contributed by atoms with Crippen molar-refractivity contribution < 1.29 is 0 Å². The van der Waals surface area contributed by atoms with Crippen LogP contribution in [-0.2, 0) is 6.67 Å². The number of nitrogens with zero attached hydrogens (tertiary/aromatic N) is 2. The second kappa shape index (κ2) is 5.02. The highest BCUT2D eigenvalue weighted by molar-refractivity contribution is 5.86. The summed E-state index contributed by atoms with van der Waals surface area (Å²) >= 11 is 0. The molecule has 2 aromatic heterocycles. The number of hydrogen-bond donors (Lipinski definition) is 0. The predicted octanol–water partition coefficient (Wildman–Crippen LogP) is 5.34. The van der Waals surface area contributed by atoms with Crippen molar-refractivity contribution in [1.29, 1.82) is 0 Å². The Morgan fingerprint density at radius 1 is 0.609 bits per heavy atom. The van der Waals surface area contributed by atoms with Crippen molar-refractivity contribution in [3.63, 3.8) is 0 Å². The molecule has 0 bridgehead atoms. The Morgan fingerprint density at radius 3 is 1.43 bits per heavy atom. The fourth-order valence-electron chi connectivity index (χ4n) is 3.71. The Balaban J connectivity index is 1.96. The van der Waals surface area contributed by atoms with Crippen LogP contribution in [-0.4, -0.2) is 9.13 Å². The lowest BCUT2D eigenvalue weighted by atomic mass is 10.2. The van der Waals surface area contributed by atoms with Gasteiger partial charge in [-0.2, -0.15) is 0 Å². The molecule has 2 heteroatoms. The highest BCUT2D eigenvalue weighted by Gasteiger charge is 2.14. The van der Waals surface area contributed by atoms with Gasteiger partial charge < -0.3 is 9.13 Å². The average Bonchev–Trinajstić information content (AvgIpc) is 2.97. The van der Waals surface area contributed by atoms with Crippen LogP contribution in [0.4, 0.5) is 0 Å². The van der Waals surface area contributed by atoms with Crippen LogP contribution in [0.15, 0.2) is 48.5 Å². The number of para-hydroxylation sites is 2. The molecule has 2 heterocycles. The molecule has 0 unspecified atom stereocenters. The van der Waals surface area contributed by atoms with Gasteiger partial charge in [0.25, 0.3) is 0 Å². The Bertz CT molecular complexity index is 947. The second-order valence-electron chi connectivity index (χ2n) is 6.45. The standard InChI is InChI=1S/C21H22N2/c1-14-16(3)22(20-11-7-5-9-18(14)20)13-23-17(4)15(2)19-10-6-8-12-21(19)23/h5-12H,13H2,1-4H3. The van der Waals surface area contributed by atoms with E-state index >= 15 is 0 Å². The zero-order chi connectivity index (χ0) is 16.1. The highest BCUT2D eigenvalue weighted by atomic mass is 15.2. The number of hydrogen-bond acceptors (Lipinski definition) is 0. The predicted molar refractivity (Wildman–Crippen MR) is 98.2 cm³/mol. The Labute approximate surface area is 137 Å². The molecule has 0 atom stereocenters. The SMILES string of the molecule is Cc1c(C)n(Cn2c(C)c(C)c3ccccc32)c2ccccc12. The molecule has 23 heavy (non-hydrogen) atoms. The maximum absolute atomic E-state index is 2.43. The summed E-state index contributed by atoms with van der Waals surface area (Å²) in [6.45, 7) is 9.76. The molecule has 0 aliphatic carbocycles.